The molecule has 0 aliphatic carbocycles. The molecule has 5 nitrogen and oxygen atoms in total. The van der Waals surface area contributed by atoms with Crippen LogP contribution in [0.4, 0.5) is 9.18 Å². The number of esters is 1. The lowest BCUT2D eigenvalue weighted by atomic mass is 9.95. The van der Waals surface area contributed by atoms with Gasteiger partial charge < -0.3 is 14.4 Å². The van der Waals surface area contributed by atoms with Crippen LogP contribution in [0.2, 0.25) is 0 Å². The maximum atomic E-state index is 14.7. The molecule has 0 saturated heterocycles. The number of carbonyl (C=O) groups is 2. The van der Waals surface area contributed by atoms with Gasteiger partial charge in [0.05, 0.1) is 6.61 Å². The van der Waals surface area contributed by atoms with E-state index >= 15 is 0 Å². The van der Waals surface area contributed by atoms with Crippen LogP contribution in [0.3, 0.4) is 0 Å². The largest absolute Gasteiger partial charge is 0.466 e. The molecule has 2 rings (SSSR count). The van der Waals surface area contributed by atoms with Gasteiger partial charge in [0.15, 0.2) is 0 Å². The minimum absolute atomic E-state index is 0.160. The third-order valence-corrected chi connectivity index (χ3v) is 3.97. The van der Waals surface area contributed by atoms with E-state index in [4.69, 9.17) is 9.47 Å². The van der Waals surface area contributed by atoms with Gasteiger partial charge in [-0.1, -0.05) is 12.1 Å². The first-order chi connectivity index (χ1) is 11.7. The van der Waals surface area contributed by atoms with E-state index in [1.807, 2.05) is 26.8 Å². The Morgan fingerprint density at radius 1 is 1.28 bits per heavy atom. The van der Waals surface area contributed by atoms with E-state index < -0.39 is 5.60 Å². The molecule has 0 bridgehead atoms. The molecule has 138 valence electrons. The van der Waals surface area contributed by atoms with Gasteiger partial charge in [0.25, 0.3) is 0 Å². The average Bonchev–Trinajstić information content (AvgIpc) is 2.52. The third-order valence-electron chi connectivity index (χ3n) is 3.97. The normalized spacial score (nSPS) is 14.0. The van der Waals surface area contributed by atoms with Crippen LogP contribution in [0.5, 0.6) is 0 Å². The molecular weight excluding hydrogens is 325 g/mol. The molecule has 25 heavy (non-hydrogen) atoms. The molecule has 0 N–H and O–H groups in total. The summed E-state index contributed by atoms with van der Waals surface area (Å²) in [6, 6.07) is 3.52. The number of hydrogen-bond acceptors (Lipinski definition) is 4. The fourth-order valence-electron chi connectivity index (χ4n) is 2.80. The molecule has 0 spiro atoms. The van der Waals surface area contributed by atoms with Gasteiger partial charge in [0.1, 0.15) is 11.4 Å². The first kappa shape index (κ1) is 19.2. The first-order valence-electron chi connectivity index (χ1n) is 8.64. The van der Waals surface area contributed by atoms with Crippen molar-refractivity contribution < 1.29 is 23.5 Å². The van der Waals surface area contributed by atoms with Gasteiger partial charge in [0.2, 0.25) is 0 Å². The fourth-order valence-corrected chi connectivity index (χ4v) is 2.80. The fraction of sp³-hybridized carbons (Fsp3) is 0.579. The summed E-state index contributed by atoms with van der Waals surface area (Å²) in [7, 11) is 0. The molecule has 1 aromatic carbocycles. The molecule has 1 heterocycles. The van der Waals surface area contributed by atoms with E-state index in [2.05, 4.69) is 0 Å². The van der Waals surface area contributed by atoms with Crippen LogP contribution in [0.25, 0.3) is 0 Å². The zero-order chi connectivity index (χ0) is 18.6. The highest BCUT2D eigenvalue weighted by Crippen LogP contribution is 2.26. The van der Waals surface area contributed by atoms with E-state index in [-0.39, 0.29) is 24.3 Å². The molecular formula is C19H26FNO4. The quantitative estimate of drug-likeness (QED) is 0.778. The van der Waals surface area contributed by atoms with Crippen molar-refractivity contribution in [3.8, 4) is 0 Å². The summed E-state index contributed by atoms with van der Waals surface area (Å²) in [6.45, 7) is 8.27. The Morgan fingerprint density at radius 2 is 2.00 bits per heavy atom. The summed E-state index contributed by atoms with van der Waals surface area (Å²) in [4.78, 5) is 25.2. The highest BCUT2D eigenvalue weighted by Gasteiger charge is 2.27. The minimum atomic E-state index is -0.556. The second-order valence-corrected chi connectivity index (χ2v) is 7.13. The molecule has 6 heteroatoms. The van der Waals surface area contributed by atoms with Crippen molar-refractivity contribution in [2.24, 2.45) is 0 Å². The summed E-state index contributed by atoms with van der Waals surface area (Å²) in [6.07, 6.45) is 0.527. The lowest BCUT2D eigenvalue weighted by Crippen LogP contribution is -2.40. The molecule has 0 aromatic heterocycles. The van der Waals surface area contributed by atoms with Crippen LogP contribution < -0.4 is 0 Å². The molecule has 0 unspecified atom stereocenters. The number of fused-ring (bicyclic) bond motifs is 1. The summed E-state index contributed by atoms with van der Waals surface area (Å²) in [5, 5.41) is 0. The highest BCUT2D eigenvalue weighted by molar-refractivity contribution is 5.70. The first-order valence-corrected chi connectivity index (χ1v) is 8.64. The Kier molecular flexibility index (Phi) is 6.03. The number of carbonyl (C=O) groups excluding carboxylic acids is 2. The number of nitrogens with zero attached hydrogens (tertiary/aromatic N) is 1. The van der Waals surface area contributed by atoms with Crippen LogP contribution >= 0.6 is 0 Å². The number of aryl methyl sites for hydroxylation is 1. The van der Waals surface area contributed by atoms with Crippen LogP contribution in [0.1, 0.15) is 50.8 Å². The van der Waals surface area contributed by atoms with E-state index in [9.17, 15) is 14.0 Å². The zero-order valence-corrected chi connectivity index (χ0v) is 15.4. The Labute approximate surface area is 148 Å². The number of rotatable bonds is 4. The van der Waals surface area contributed by atoms with E-state index in [1.165, 1.54) is 0 Å². The summed E-state index contributed by atoms with van der Waals surface area (Å²) < 4.78 is 25.0. The number of hydrogen-bond donors (Lipinski definition) is 0. The van der Waals surface area contributed by atoms with Crippen molar-refractivity contribution in [3.63, 3.8) is 0 Å². The lowest BCUT2D eigenvalue weighted by Gasteiger charge is -2.31. The number of amides is 1. The SMILES string of the molecule is CCOC(=O)CCc1ccc2c(c1F)CCN(C(=O)OC(C)(C)C)C2. The van der Waals surface area contributed by atoms with Crippen molar-refractivity contribution in [3.05, 3.63) is 34.6 Å². The Balaban J connectivity index is 2.06. The number of halogens is 1. The Hall–Kier alpha value is -2.11. The molecule has 0 fully saturated rings. The summed E-state index contributed by atoms with van der Waals surface area (Å²) in [5.74, 6) is -0.596. The van der Waals surface area contributed by atoms with Crippen molar-refractivity contribution in [1.82, 2.24) is 4.90 Å². The summed E-state index contributed by atoms with van der Waals surface area (Å²) in [5.41, 5.74) is 1.37. The van der Waals surface area contributed by atoms with Gasteiger partial charge in [0, 0.05) is 19.5 Å². The second-order valence-electron chi connectivity index (χ2n) is 7.13. The van der Waals surface area contributed by atoms with Crippen LogP contribution in [-0.4, -0.2) is 35.7 Å². The van der Waals surface area contributed by atoms with E-state index in [1.54, 1.807) is 17.9 Å². The lowest BCUT2D eigenvalue weighted by molar-refractivity contribution is -0.143. The molecule has 0 atom stereocenters. The van der Waals surface area contributed by atoms with Crippen molar-refractivity contribution in [1.29, 1.82) is 0 Å². The van der Waals surface area contributed by atoms with Gasteiger partial charge in [-0.25, -0.2) is 9.18 Å². The smallest absolute Gasteiger partial charge is 0.410 e. The maximum Gasteiger partial charge on any atom is 0.410 e. The molecule has 0 saturated carbocycles. The van der Waals surface area contributed by atoms with Gasteiger partial charge in [-0.2, -0.15) is 0 Å². The Bertz CT molecular complexity index is 652. The third kappa shape index (κ3) is 5.18. The van der Waals surface area contributed by atoms with Crippen molar-refractivity contribution in [2.75, 3.05) is 13.2 Å². The van der Waals surface area contributed by atoms with Crippen LogP contribution in [0, 0.1) is 5.82 Å². The Morgan fingerprint density at radius 3 is 2.64 bits per heavy atom. The molecule has 0 radical (unpaired) electrons. The zero-order valence-electron chi connectivity index (χ0n) is 15.4. The van der Waals surface area contributed by atoms with Gasteiger partial charge in [-0.3, -0.25) is 4.79 Å². The predicted molar refractivity (Wildman–Crippen MR) is 91.7 cm³/mol. The van der Waals surface area contributed by atoms with Crippen molar-refractivity contribution >= 4 is 12.1 Å². The topological polar surface area (TPSA) is 55.8 Å². The number of benzene rings is 1. The average molecular weight is 351 g/mol. The number of ether oxygens (including phenoxy) is 2. The maximum absolute atomic E-state index is 14.7. The summed E-state index contributed by atoms with van der Waals surface area (Å²) >= 11 is 0. The van der Waals surface area contributed by atoms with E-state index in [0.29, 0.717) is 43.7 Å². The van der Waals surface area contributed by atoms with Gasteiger partial charge in [-0.15, -0.1) is 0 Å². The molecule has 1 aromatic rings. The predicted octanol–water partition coefficient (Wildman–Crippen LogP) is 3.61. The second kappa shape index (κ2) is 7.85. The molecule has 1 aliphatic rings. The van der Waals surface area contributed by atoms with Crippen molar-refractivity contribution in [2.45, 2.75) is 59.1 Å². The van der Waals surface area contributed by atoms with E-state index in [0.717, 1.165) is 5.56 Å². The van der Waals surface area contributed by atoms with Crippen LogP contribution in [-0.2, 0) is 33.7 Å². The highest BCUT2D eigenvalue weighted by atomic mass is 19.1. The minimum Gasteiger partial charge on any atom is -0.466 e. The monoisotopic (exact) mass is 351 g/mol. The van der Waals surface area contributed by atoms with Crippen LogP contribution in [0.15, 0.2) is 12.1 Å². The van der Waals surface area contributed by atoms with Gasteiger partial charge in [-0.05, 0) is 57.2 Å². The standard InChI is InChI=1S/C19H26FNO4/c1-5-24-16(22)9-8-13-6-7-14-12-21(11-10-15(14)17(13)20)18(23)25-19(2,3)4/h6-7H,5,8-12H2,1-4H3. The molecule has 1 amide bonds. The van der Waals surface area contributed by atoms with Gasteiger partial charge >= 0.3 is 12.1 Å². The molecule has 1 aliphatic heterocycles.